The van der Waals surface area contributed by atoms with E-state index < -0.39 is 11.9 Å². The number of aromatic nitrogens is 3. The van der Waals surface area contributed by atoms with Gasteiger partial charge in [0.1, 0.15) is 11.0 Å². The van der Waals surface area contributed by atoms with Crippen LogP contribution in [0.4, 0.5) is 0 Å². The van der Waals surface area contributed by atoms with Crippen LogP contribution in [0.25, 0.3) is 16.7 Å². The molecule has 1 aromatic carbocycles. The molecular formula is C18H19N3O4S. The van der Waals surface area contributed by atoms with Gasteiger partial charge in [-0.15, -0.1) is 0 Å². The summed E-state index contributed by atoms with van der Waals surface area (Å²) in [6, 6.07) is 5.62. The van der Waals surface area contributed by atoms with Gasteiger partial charge in [0.05, 0.1) is 41.8 Å². The van der Waals surface area contributed by atoms with E-state index in [1.807, 2.05) is 22.8 Å². The Labute approximate surface area is 154 Å². The molecule has 0 amide bonds. The van der Waals surface area contributed by atoms with Gasteiger partial charge >= 0.3 is 11.9 Å². The fraction of sp³-hybridized carbons (Fsp3) is 0.333. The highest BCUT2D eigenvalue weighted by Gasteiger charge is 2.30. The van der Waals surface area contributed by atoms with Crippen LogP contribution in [-0.4, -0.2) is 38.5 Å². The minimum absolute atomic E-state index is 0.219. The zero-order valence-corrected chi connectivity index (χ0v) is 15.8. The van der Waals surface area contributed by atoms with E-state index in [4.69, 9.17) is 9.47 Å². The van der Waals surface area contributed by atoms with Crippen LogP contribution >= 0.6 is 11.7 Å². The Bertz CT molecular complexity index is 948. The summed E-state index contributed by atoms with van der Waals surface area (Å²) in [4.78, 5) is 25.1. The normalized spacial score (nSPS) is 10.9. The van der Waals surface area contributed by atoms with E-state index >= 15 is 0 Å². The summed E-state index contributed by atoms with van der Waals surface area (Å²) in [7, 11) is 0. The van der Waals surface area contributed by atoms with E-state index in [1.165, 1.54) is 0 Å². The van der Waals surface area contributed by atoms with Crippen molar-refractivity contribution in [2.75, 3.05) is 13.2 Å². The fourth-order valence-electron chi connectivity index (χ4n) is 3.08. The summed E-state index contributed by atoms with van der Waals surface area (Å²) in [5.41, 5.74) is 3.88. The number of hydrogen-bond donors (Lipinski definition) is 0. The molecule has 2 aromatic heterocycles. The van der Waals surface area contributed by atoms with Crippen molar-refractivity contribution in [1.82, 2.24) is 13.3 Å². The number of carbonyl (C=O) groups is 2. The van der Waals surface area contributed by atoms with Crippen molar-refractivity contribution in [3.8, 4) is 5.69 Å². The molecule has 2 heterocycles. The minimum atomic E-state index is -0.543. The lowest BCUT2D eigenvalue weighted by molar-refractivity contribution is 0.0479. The second-order valence-corrected chi connectivity index (χ2v) is 6.13. The van der Waals surface area contributed by atoms with E-state index in [9.17, 15) is 9.59 Å². The van der Waals surface area contributed by atoms with Crippen molar-refractivity contribution < 1.29 is 19.1 Å². The topological polar surface area (TPSA) is 83.3 Å². The Balaban J connectivity index is 2.30. The molecule has 26 heavy (non-hydrogen) atoms. The molecule has 3 rings (SSSR count). The number of rotatable bonds is 5. The van der Waals surface area contributed by atoms with Gasteiger partial charge in [-0.1, -0.05) is 6.07 Å². The predicted octanol–water partition coefficient (Wildman–Crippen LogP) is 3.45. The molecule has 0 N–H and O–H groups in total. The molecule has 0 radical (unpaired) electrons. The standard InChI is InChI=1S/C18H19N3O4S/c1-5-24-17(22)14-10(3)21(11(4)15(14)18(23)25-6-2)13-9-7-8-12-16(13)20-26-19-12/h7-9H,5-6H2,1-4H3. The molecule has 0 bridgehead atoms. The maximum Gasteiger partial charge on any atom is 0.340 e. The first-order chi connectivity index (χ1) is 12.5. The first kappa shape index (κ1) is 18.1. The van der Waals surface area contributed by atoms with Crippen LogP contribution in [0.5, 0.6) is 0 Å². The first-order valence-corrected chi connectivity index (χ1v) is 9.02. The molecular weight excluding hydrogens is 354 g/mol. The molecule has 136 valence electrons. The summed E-state index contributed by atoms with van der Waals surface area (Å²) < 4.78 is 20.8. The smallest absolute Gasteiger partial charge is 0.340 e. The average Bonchev–Trinajstić information content (AvgIpc) is 3.18. The molecule has 3 aromatic rings. The van der Waals surface area contributed by atoms with Gasteiger partial charge in [-0.05, 0) is 39.8 Å². The molecule has 7 nitrogen and oxygen atoms in total. The van der Waals surface area contributed by atoms with Gasteiger partial charge in [0.25, 0.3) is 0 Å². The van der Waals surface area contributed by atoms with Crippen LogP contribution in [0.15, 0.2) is 18.2 Å². The maximum absolute atomic E-state index is 12.5. The molecule has 8 heteroatoms. The van der Waals surface area contributed by atoms with Crippen LogP contribution in [0.1, 0.15) is 46.0 Å². The van der Waals surface area contributed by atoms with Crippen LogP contribution in [-0.2, 0) is 9.47 Å². The van der Waals surface area contributed by atoms with Gasteiger partial charge in [-0.25, -0.2) is 9.59 Å². The third-order valence-electron chi connectivity index (χ3n) is 4.11. The number of benzene rings is 1. The van der Waals surface area contributed by atoms with Gasteiger partial charge < -0.3 is 14.0 Å². The van der Waals surface area contributed by atoms with Gasteiger partial charge in [0.2, 0.25) is 0 Å². The Morgan fingerprint density at radius 1 is 1.00 bits per heavy atom. The summed E-state index contributed by atoms with van der Waals surface area (Å²) >= 11 is 1.12. The lowest BCUT2D eigenvalue weighted by atomic mass is 10.1. The molecule has 0 fully saturated rings. The number of ether oxygens (including phenoxy) is 2. The van der Waals surface area contributed by atoms with Gasteiger partial charge in [-0.2, -0.15) is 8.75 Å². The Morgan fingerprint density at radius 2 is 1.58 bits per heavy atom. The number of nitrogens with zero attached hydrogens (tertiary/aromatic N) is 3. The van der Waals surface area contributed by atoms with E-state index in [-0.39, 0.29) is 24.3 Å². The second-order valence-electron chi connectivity index (χ2n) is 5.61. The van der Waals surface area contributed by atoms with E-state index in [2.05, 4.69) is 8.75 Å². The number of carbonyl (C=O) groups excluding carboxylic acids is 2. The monoisotopic (exact) mass is 373 g/mol. The van der Waals surface area contributed by atoms with Crippen molar-refractivity contribution in [3.05, 3.63) is 40.7 Å². The highest BCUT2D eigenvalue weighted by atomic mass is 32.1. The highest BCUT2D eigenvalue weighted by Crippen LogP contribution is 2.30. The minimum Gasteiger partial charge on any atom is -0.462 e. The van der Waals surface area contributed by atoms with Crippen molar-refractivity contribution >= 4 is 34.7 Å². The zero-order valence-electron chi connectivity index (χ0n) is 15.0. The molecule has 0 aliphatic carbocycles. The van der Waals surface area contributed by atoms with Gasteiger partial charge in [-0.3, -0.25) is 0 Å². The van der Waals surface area contributed by atoms with E-state index in [1.54, 1.807) is 27.7 Å². The van der Waals surface area contributed by atoms with Gasteiger partial charge in [0.15, 0.2) is 0 Å². The maximum atomic E-state index is 12.5. The fourth-order valence-corrected chi connectivity index (χ4v) is 3.62. The molecule has 0 saturated heterocycles. The predicted molar refractivity (Wildman–Crippen MR) is 98.1 cm³/mol. The molecule has 0 unspecified atom stereocenters. The van der Waals surface area contributed by atoms with Crippen LogP contribution in [0.3, 0.4) is 0 Å². The van der Waals surface area contributed by atoms with Crippen LogP contribution in [0, 0.1) is 13.8 Å². The van der Waals surface area contributed by atoms with Crippen LogP contribution in [0.2, 0.25) is 0 Å². The Hall–Kier alpha value is -2.74. The SMILES string of the molecule is CCOC(=O)c1c(C(=O)OCC)c(C)n(-c2cccc3nsnc23)c1C. The molecule has 0 spiro atoms. The lowest BCUT2D eigenvalue weighted by Crippen LogP contribution is -2.13. The van der Waals surface area contributed by atoms with Crippen molar-refractivity contribution in [2.45, 2.75) is 27.7 Å². The van der Waals surface area contributed by atoms with Crippen molar-refractivity contribution in [1.29, 1.82) is 0 Å². The number of hydrogen-bond acceptors (Lipinski definition) is 7. The number of fused-ring (bicyclic) bond motifs is 1. The first-order valence-electron chi connectivity index (χ1n) is 8.29. The zero-order chi connectivity index (χ0) is 18.8. The summed E-state index contributed by atoms with van der Waals surface area (Å²) in [5, 5.41) is 0. The molecule has 0 saturated carbocycles. The summed E-state index contributed by atoms with van der Waals surface area (Å²) in [5.74, 6) is -1.09. The third-order valence-corrected chi connectivity index (χ3v) is 4.65. The van der Waals surface area contributed by atoms with Crippen molar-refractivity contribution in [2.24, 2.45) is 0 Å². The quantitative estimate of drug-likeness (QED) is 0.637. The second kappa shape index (κ2) is 7.25. The van der Waals surface area contributed by atoms with Crippen molar-refractivity contribution in [3.63, 3.8) is 0 Å². The summed E-state index contributed by atoms with van der Waals surface area (Å²) in [6.07, 6.45) is 0. The van der Waals surface area contributed by atoms with E-state index in [0.717, 1.165) is 22.9 Å². The Morgan fingerprint density at radius 3 is 2.12 bits per heavy atom. The highest BCUT2D eigenvalue weighted by molar-refractivity contribution is 7.00. The Kier molecular flexibility index (Phi) is 5.03. The number of esters is 2. The molecule has 0 aliphatic heterocycles. The molecule has 0 atom stereocenters. The van der Waals surface area contributed by atoms with Crippen LogP contribution < -0.4 is 0 Å². The largest absolute Gasteiger partial charge is 0.462 e. The van der Waals surface area contributed by atoms with E-state index in [0.29, 0.717) is 16.9 Å². The summed E-state index contributed by atoms with van der Waals surface area (Å²) in [6.45, 7) is 7.44. The molecule has 0 aliphatic rings. The van der Waals surface area contributed by atoms with Gasteiger partial charge in [0, 0.05) is 11.4 Å². The third kappa shape index (κ3) is 2.86. The average molecular weight is 373 g/mol. The lowest BCUT2D eigenvalue weighted by Gasteiger charge is -2.10.